The van der Waals surface area contributed by atoms with E-state index in [0.29, 0.717) is 0 Å². The molecule has 1 aromatic carbocycles. The van der Waals surface area contributed by atoms with Gasteiger partial charge in [0.2, 0.25) is 0 Å². The van der Waals surface area contributed by atoms with Crippen LogP contribution in [0.2, 0.25) is 0 Å². The van der Waals surface area contributed by atoms with E-state index >= 15 is 0 Å². The predicted octanol–water partition coefficient (Wildman–Crippen LogP) is 2.68. The Morgan fingerprint density at radius 2 is 2.00 bits per heavy atom. The lowest BCUT2D eigenvalue weighted by molar-refractivity contribution is 0.933. The minimum Gasteiger partial charge on any atom is -0.316 e. The first-order chi connectivity index (χ1) is 5.74. The van der Waals surface area contributed by atoms with Crippen molar-refractivity contribution >= 4 is 21.5 Å². The molecule has 0 unspecified atom stereocenters. The fraction of sp³-hybridized carbons (Fsp3) is 0.200. The number of halogens is 1. The van der Waals surface area contributed by atoms with Gasteiger partial charge in [-0.25, -0.2) is 0 Å². The summed E-state index contributed by atoms with van der Waals surface area (Å²) in [4.78, 5) is 0. The fourth-order valence-electron chi connectivity index (χ4n) is 1.00. The molecule has 0 radical (unpaired) electrons. The molecule has 12 heavy (non-hydrogen) atoms. The second kappa shape index (κ2) is 4.43. The molecule has 2 heteroatoms. The average Bonchev–Trinajstić information content (AvgIpc) is 2.06. The van der Waals surface area contributed by atoms with Gasteiger partial charge in [0.1, 0.15) is 0 Å². The fourth-order valence-corrected chi connectivity index (χ4v) is 1.27. The molecule has 0 aliphatic carbocycles. The maximum absolute atomic E-state index is 3.97. The lowest BCUT2D eigenvalue weighted by Crippen LogP contribution is -2.08. The molecule has 0 aliphatic rings. The summed E-state index contributed by atoms with van der Waals surface area (Å²) in [5.41, 5.74) is 2.30. The SMILES string of the molecule is C=C(CNC)c1ccc(Br)cc1. The zero-order chi connectivity index (χ0) is 8.97. The molecule has 0 spiro atoms. The van der Waals surface area contributed by atoms with E-state index < -0.39 is 0 Å². The minimum atomic E-state index is 0.835. The van der Waals surface area contributed by atoms with Crippen molar-refractivity contribution in [2.24, 2.45) is 0 Å². The molecule has 64 valence electrons. The van der Waals surface area contributed by atoms with Crippen LogP contribution in [0.15, 0.2) is 35.3 Å². The standard InChI is InChI=1S/C10H12BrN/c1-8(7-12-2)9-3-5-10(11)6-4-9/h3-6,12H,1,7H2,2H3. The van der Waals surface area contributed by atoms with Crippen molar-refractivity contribution in [2.75, 3.05) is 13.6 Å². The van der Waals surface area contributed by atoms with Crippen LogP contribution in [0.25, 0.3) is 5.57 Å². The Kier molecular flexibility index (Phi) is 3.50. The zero-order valence-corrected chi connectivity index (χ0v) is 8.69. The molecule has 1 N–H and O–H groups in total. The summed E-state index contributed by atoms with van der Waals surface area (Å²) in [5, 5.41) is 3.07. The summed E-state index contributed by atoms with van der Waals surface area (Å²) >= 11 is 3.39. The highest BCUT2D eigenvalue weighted by molar-refractivity contribution is 9.10. The molecule has 0 saturated carbocycles. The van der Waals surface area contributed by atoms with Crippen LogP contribution in [0, 0.1) is 0 Å². The van der Waals surface area contributed by atoms with Crippen LogP contribution >= 0.6 is 15.9 Å². The topological polar surface area (TPSA) is 12.0 Å². The second-order valence-electron chi connectivity index (χ2n) is 2.64. The monoisotopic (exact) mass is 225 g/mol. The Morgan fingerprint density at radius 3 is 2.50 bits per heavy atom. The molecule has 0 amide bonds. The van der Waals surface area contributed by atoms with Crippen LogP contribution in [0.3, 0.4) is 0 Å². The number of nitrogens with one attached hydrogen (secondary N) is 1. The van der Waals surface area contributed by atoms with Crippen LogP contribution < -0.4 is 5.32 Å². The van der Waals surface area contributed by atoms with Gasteiger partial charge in [0.25, 0.3) is 0 Å². The lowest BCUT2D eigenvalue weighted by atomic mass is 10.1. The Hall–Kier alpha value is -0.600. The molecule has 0 saturated heterocycles. The summed E-state index contributed by atoms with van der Waals surface area (Å²) in [7, 11) is 1.92. The van der Waals surface area contributed by atoms with Crippen molar-refractivity contribution in [1.82, 2.24) is 5.32 Å². The van der Waals surface area contributed by atoms with Crippen LogP contribution in [-0.4, -0.2) is 13.6 Å². The third-order valence-corrected chi connectivity index (χ3v) is 2.17. The highest BCUT2D eigenvalue weighted by Gasteiger charge is 1.95. The maximum atomic E-state index is 3.97. The van der Waals surface area contributed by atoms with Crippen molar-refractivity contribution in [3.8, 4) is 0 Å². The Bertz CT molecular complexity index is 264. The van der Waals surface area contributed by atoms with Gasteiger partial charge in [0.05, 0.1) is 0 Å². The van der Waals surface area contributed by atoms with Crippen LogP contribution in [0.1, 0.15) is 5.56 Å². The predicted molar refractivity (Wildman–Crippen MR) is 57.1 cm³/mol. The van der Waals surface area contributed by atoms with E-state index in [2.05, 4.69) is 40.0 Å². The van der Waals surface area contributed by atoms with Crippen molar-refractivity contribution in [2.45, 2.75) is 0 Å². The highest BCUT2D eigenvalue weighted by atomic mass is 79.9. The van der Waals surface area contributed by atoms with E-state index in [4.69, 9.17) is 0 Å². The van der Waals surface area contributed by atoms with Crippen molar-refractivity contribution in [3.63, 3.8) is 0 Å². The van der Waals surface area contributed by atoms with Crippen molar-refractivity contribution < 1.29 is 0 Å². The van der Waals surface area contributed by atoms with Gasteiger partial charge in [0.15, 0.2) is 0 Å². The van der Waals surface area contributed by atoms with Gasteiger partial charge >= 0.3 is 0 Å². The van der Waals surface area contributed by atoms with Gasteiger partial charge in [-0.3, -0.25) is 0 Å². The van der Waals surface area contributed by atoms with Gasteiger partial charge in [-0.05, 0) is 30.3 Å². The number of hydrogen-bond acceptors (Lipinski definition) is 1. The van der Waals surface area contributed by atoms with Gasteiger partial charge in [-0.1, -0.05) is 34.6 Å². The molecular formula is C10H12BrN. The first-order valence-electron chi connectivity index (χ1n) is 3.82. The number of rotatable bonds is 3. The number of benzene rings is 1. The summed E-state index contributed by atoms with van der Waals surface area (Å²) in [5.74, 6) is 0. The summed E-state index contributed by atoms with van der Waals surface area (Å²) < 4.78 is 1.10. The molecule has 0 heterocycles. The van der Waals surface area contributed by atoms with Gasteiger partial charge < -0.3 is 5.32 Å². The highest BCUT2D eigenvalue weighted by Crippen LogP contribution is 2.15. The van der Waals surface area contributed by atoms with Crippen LogP contribution in [0.5, 0.6) is 0 Å². The van der Waals surface area contributed by atoms with Gasteiger partial charge in [0, 0.05) is 11.0 Å². The Balaban J connectivity index is 2.75. The normalized spacial score (nSPS) is 9.83. The molecule has 1 rings (SSSR count). The Labute approximate surface area is 81.6 Å². The third-order valence-electron chi connectivity index (χ3n) is 1.64. The third kappa shape index (κ3) is 2.47. The van der Waals surface area contributed by atoms with E-state index in [1.54, 1.807) is 0 Å². The van der Waals surface area contributed by atoms with E-state index in [1.165, 1.54) is 5.56 Å². The quantitative estimate of drug-likeness (QED) is 0.835. The van der Waals surface area contributed by atoms with Crippen molar-refractivity contribution in [3.05, 3.63) is 40.9 Å². The number of hydrogen-bond donors (Lipinski definition) is 1. The van der Waals surface area contributed by atoms with Crippen molar-refractivity contribution in [1.29, 1.82) is 0 Å². The van der Waals surface area contributed by atoms with Crippen LogP contribution in [-0.2, 0) is 0 Å². The first-order valence-corrected chi connectivity index (χ1v) is 4.61. The van der Waals surface area contributed by atoms with E-state index in [-0.39, 0.29) is 0 Å². The first kappa shape index (κ1) is 9.49. The van der Waals surface area contributed by atoms with E-state index in [0.717, 1.165) is 16.6 Å². The smallest absolute Gasteiger partial charge is 0.0202 e. The lowest BCUT2D eigenvalue weighted by Gasteiger charge is -2.04. The molecule has 0 aliphatic heterocycles. The number of likely N-dealkylation sites (N-methyl/N-ethyl adjacent to an activating group) is 1. The zero-order valence-electron chi connectivity index (χ0n) is 7.10. The molecule has 0 bridgehead atoms. The van der Waals surface area contributed by atoms with E-state index in [1.807, 2.05) is 19.2 Å². The maximum Gasteiger partial charge on any atom is 0.0202 e. The molecule has 1 aromatic rings. The molecule has 0 fully saturated rings. The molecular weight excluding hydrogens is 214 g/mol. The molecule has 0 aromatic heterocycles. The second-order valence-corrected chi connectivity index (χ2v) is 3.56. The molecule has 0 atom stereocenters. The minimum absolute atomic E-state index is 0.835. The average molecular weight is 226 g/mol. The largest absolute Gasteiger partial charge is 0.316 e. The van der Waals surface area contributed by atoms with Gasteiger partial charge in [-0.2, -0.15) is 0 Å². The van der Waals surface area contributed by atoms with E-state index in [9.17, 15) is 0 Å². The van der Waals surface area contributed by atoms with Crippen LogP contribution in [0.4, 0.5) is 0 Å². The summed E-state index contributed by atoms with van der Waals surface area (Å²) in [6.45, 7) is 4.80. The van der Waals surface area contributed by atoms with Gasteiger partial charge in [-0.15, -0.1) is 0 Å². The summed E-state index contributed by atoms with van der Waals surface area (Å²) in [6, 6.07) is 8.17. The molecule has 1 nitrogen and oxygen atoms in total. The Morgan fingerprint density at radius 1 is 1.42 bits per heavy atom. The summed E-state index contributed by atoms with van der Waals surface area (Å²) in [6.07, 6.45) is 0.